The van der Waals surface area contributed by atoms with Crippen LogP contribution in [-0.4, -0.2) is 28.3 Å². The van der Waals surface area contributed by atoms with Crippen LogP contribution in [0.1, 0.15) is 25.7 Å². The molecule has 0 aliphatic carbocycles. The predicted octanol–water partition coefficient (Wildman–Crippen LogP) is 1.64. The highest BCUT2D eigenvalue weighted by atomic mass is 32.1. The van der Waals surface area contributed by atoms with Crippen molar-refractivity contribution in [2.24, 2.45) is 0 Å². The SMILES string of the molecule is OC1C[C@H]2CC[C@@H](C1)N2c1nccs1. The predicted molar refractivity (Wildman–Crippen MR) is 56.6 cm³/mol. The van der Waals surface area contributed by atoms with Gasteiger partial charge in [-0.25, -0.2) is 4.98 Å². The Hall–Kier alpha value is -0.610. The van der Waals surface area contributed by atoms with Crippen LogP contribution >= 0.6 is 11.3 Å². The van der Waals surface area contributed by atoms with E-state index in [1.54, 1.807) is 11.3 Å². The van der Waals surface area contributed by atoms with Crippen LogP contribution in [0.4, 0.5) is 5.13 Å². The lowest BCUT2D eigenvalue weighted by Crippen LogP contribution is -2.44. The maximum absolute atomic E-state index is 9.66. The molecule has 2 aliphatic rings. The highest BCUT2D eigenvalue weighted by molar-refractivity contribution is 7.13. The Balaban J connectivity index is 1.88. The Morgan fingerprint density at radius 3 is 2.64 bits per heavy atom. The van der Waals surface area contributed by atoms with E-state index in [0.29, 0.717) is 12.1 Å². The number of fused-ring (bicyclic) bond motifs is 2. The van der Waals surface area contributed by atoms with Crippen LogP contribution < -0.4 is 4.90 Å². The van der Waals surface area contributed by atoms with Gasteiger partial charge in [-0.15, -0.1) is 11.3 Å². The van der Waals surface area contributed by atoms with Crippen LogP contribution in [0.3, 0.4) is 0 Å². The first-order valence-corrected chi connectivity index (χ1v) is 6.08. The second-order valence-corrected chi connectivity index (χ2v) is 5.11. The lowest BCUT2D eigenvalue weighted by Gasteiger charge is -2.36. The average molecular weight is 210 g/mol. The molecule has 3 heterocycles. The van der Waals surface area contributed by atoms with Gasteiger partial charge in [-0.3, -0.25) is 0 Å². The molecule has 1 N–H and O–H groups in total. The van der Waals surface area contributed by atoms with Crippen LogP contribution in [0.5, 0.6) is 0 Å². The normalized spacial score (nSPS) is 36.4. The van der Waals surface area contributed by atoms with Gasteiger partial charge in [0.15, 0.2) is 5.13 Å². The molecule has 0 saturated carbocycles. The molecule has 3 atom stereocenters. The zero-order valence-electron chi connectivity index (χ0n) is 7.97. The zero-order valence-corrected chi connectivity index (χ0v) is 8.78. The first-order chi connectivity index (χ1) is 6.84. The van der Waals surface area contributed by atoms with Crippen molar-refractivity contribution in [2.45, 2.75) is 43.9 Å². The highest BCUT2D eigenvalue weighted by Gasteiger charge is 2.41. The monoisotopic (exact) mass is 210 g/mol. The summed E-state index contributed by atoms with van der Waals surface area (Å²) in [5.41, 5.74) is 0. The Bertz CT molecular complexity index is 300. The number of aromatic nitrogens is 1. The zero-order chi connectivity index (χ0) is 9.54. The molecule has 14 heavy (non-hydrogen) atoms. The van der Waals surface area contributed by atoms with Gasteiger partial charge in [-0.1, -0.05) is 0 Å². The number of hydrogen-bond donors (Lipinski definition) is 1. The average Bonchev–Trinajstić information content (AvgIpc) is 2.72. The minimum atomic E-state index is -0.0799. The lowest BCUT2D eigenvalue weighted by molar-refractivity contribution is 0.126. The first-order valence-electron chi connectivity index (χ1n) is 5.20. The Labute approximate surface area is 87.4 Å². The number of aliphatic hydroxyl groups excluding tert-OH is 1. The summed E-state index contributed by atoms with van der Waals surface area (Å²) < 4.78 is 0. The fraction of sp³-hybridized carbons (Fsp3) is 0.700. The molecule has 0 spiro atoms. The van der Waals surface area contributed by atoms with Crippen LogP contribution in [0.15, 0.2) is 11.6 Å². The van der Waals surface area contributed by atoms with Gasteiger partial charge in [0.25, 0.3) is 0 Å². The van der Waals surface area contributed by atoms with E-state index >= 15 is 0 Å². The summed E-state index contributed by atoms with van der Waals surface area (Å²) in [6, 6.07) is 1.07. The molecular weight excluding hydrogens is 196 g/mol. The van der Waals surface area contributed by atoms with Crippen LogP contribution in [0.2, 0.25) is 0 Å². The maximum Gasteiger partial charge on any atom is 0.185 e. The third kappa shape index (κ3) is 1.25. The van der Waals surface area contributed by atoms with Gasteiger partial charge < -0.3 is 10.0 Å². The summed E-state index contributed by atoms with van der Waals surface area (Å²) in [6.45, 7) is 0. The van der Waals surface area contributed by atoms with E-state index in [-0.39, 0.29) is 6.10 Å². The minimum Gasteiger partial charge on any atom is -0.393 e. The third-order valence-corrected chi connectivity index (χ3v) is 4.13. The van der Waals surface area contributed by atoms with Crippen molar-refractivity contribution < 1.29 is 5.11 Å². The molecular formula is C10H14N2OS. The molecule has 0 radical (unpaired) electrons. The number of piperidine rings is 1. The van der Waals surface area contributed by atoms with Crippen molar-refractivity contribution in [1.82, 2.24) is 4.98 Å². The lowest BCUT2D eigenvalue weighted by atomic mass is 10.0. The fourth-order valence-corrected chi connectivity index (χ4v) is 3.59. The molecule has 1 unspecified atom stereocenters. The van der Waals surface area contributed by atoms with Gasteiger partial charge in [0, 0.05) is 23.7 Å². The van der Waals surface area contributed by atoms with Crippen LogP contribution in [0.25, 0.3) is 0 Å². The van der Waals surface area contributed by atoms with Crippen molar-refractivity contribution >= 4 is 16.5 Å². The van der Waals surface area contributed by atoms with Crippen LogP contribution in [-0.2, 0) is 0 Å². The van der Waals surface area contributed by atoms with Crippen molar-refractivity contribution in [1.29, 1.82) is 0 Å². The van der Waals surface area contributed by atoms with Gasteiger partial charge in [-0.05, 0) is 25.7 Å². The standard InChI is InChI=1S/C10H14N2OS/c13-9-5-7-1-2-8(6-9)12(7)10-11-3-4-14-10/h3-4,7-9,13H,1-2,5-6H2/t7-,8+,9?. The van der Waals surface area contributed by atoms with Gasteiger partial charge in [0.2, 0.25) is 0 Å². The topological polar surface area (TPSA) is 36.4 Å². The molecule has 3 rings (SSSR count). The minimum absolute atomic E-state index is 0.0799. The summed E-state index contributed by atoms with van der Waals surface area (Å²) in [4.78, 5) is 6.80. The number of thiazole rings is 1. The number of nitrogens with zero attached hydrogens (tertiary/aromatic N) is 2. The second-order valence-electron chi connectivity index (χ2n) is 4.23. The molecule has 1 aromatic heterocycles. The van der Waals surface area contributed by atoms with E-state index in [4.69, 9.17) is 0 Å². The quantitative estimate of drug-likeness (QED) is 0.765. The summed E-state index contributed by atoms with van der Waals surface area (Å²) in [5, 5.41) is 12.8. The summed E-state index contributed by atoms with van der Waals surface area (Å²) in [7, 11) is 0. The van der Waals surface area contributed by atoms with Gasteiger partial charge in [0.1, 0.15) is 0 Å². The van der Waals surface area contributed by atoms with Crippen molar-refractivity contribution in [3.05, 3.63) is 11.6 Å². The number of rotatable bonds is 1. The maximum atomic E-state index is 9.66. The van der Waals surface area contributed by atoms with Crippen molar-refractivity contribution in [3.8, 4) is 0 Å². The van der Waals surface area contributed by atoms with E-state index in [1.807, 2.05) is 11.6 Å². The second kappa shape index (κ2) is 3.21. The largest absolute Gasteiger partial charge is 0.393 e. The molecule has 0 aromatic carbocycles. The van der Waals surface area contributed by atoms with E-state index in [2.05, 4.69) is 9.88 Å². The van der Waals surface area contributed by atoms with Crippen LogP contribution in [0, 0.1) is 0 Å². The molecule has 2 aliphatic heterocycles. The molecule has 2 saturated heterocycles. The first kappa shape index (κ1) is 8.68. The Kier molecular flexibility index (Phi) is 1.99. The summed E-state index contributed by atoms with van der Waals surface area (Å²) in [5.74, 6) is 0. The molecule has 3 nitrogen and oxygen atoms in total. The molecule has 2 bridgehead atoms. The van der Waals surface area contributed by atoms with E-state index in [9.17, 15) is 5.11 Å². The van der Waals surface area contributed by atoms with E-state index in [0.717, 1.165) is 18.0 Å². The summed E-state index contributed by atoms with van der Waals surface area (Å²) in [6.07, 6.45) is 6.09. The van der Waals surface area contributed by atoms with E-state index < -0.39 is 0 Å². The van der Waals surface area contributed by atoms with E-state index in [1.165, 1.54) is 12.8 Å². The number of anilines is 1. The molecule has 4 heteroatoms. The van der Waals surface area contributed by atoms with Gasteiger partial charge >= 0.3 is 0 Å². The molecule has 2 fully saturated rings. The Morgan fingerprint density at radius 2 is 2.07 bits per heavy atom. The Morgan fingerprint density at radius 1 is 1.36 bits per heavy atom. The van der Waals surface area contributed by atoms with Crippen molar-refractivity contribution in [3.63, 3.8) is 0 Å². The number of aliphatic hydroxyl groups is 1. The summed E-state index contributed by atoms with van der Waals surface area (Å²) >= 11 is 1.71. The molecule has 0 amide bonds. The molecule has 1 aromatic rings. The smallest absolute Gasteiger partial charge is 0.185 e. The fourth-order valence-electron chi connectivity index (χ4n) is 2.80. The van der Waals surface area contributed by atoms with Gasteiger partial charge in [0.05, 0.1) is 6.10 Å². The van der Waals surface area contributed by atoms with Crippen molar-refractivity contribution in [2.75, 3.05) is 4.90 Å². The molecule has 76 valence electrons. The highest BCUT2D eigenvalue weighted by Crippen LogP contribution is 2.39. The third-order valence-electron chi connectivity index (χ3n) is 3.35. The number of hydrogen-bond acceptors (Lipinski definition) is 4. The van der Waals surface area contributed by atoms with Gasteiger partial charge in [-0.2, -0.15) is 0 Å².